The molecule has 0 saturated carbocycles. The number of fused-ring (bicyclic) bond motifs is 1. The maximum Gasteiger partial charge on any atom is 0.316 e. The van der Waals surface area contributed by atoms with Crippen molar-refractivity contribution in [2.75, 3.05) is 28.4 Å². The molecule has 0 amide bonds. The van der Waals surface area contributed by atoms with Crippen LogP contribution in [0, 0.1) is 11.3 Å². The van der Waals surface area contributed by atoms with Crippen molar-refractivity contribution in [2.24, 2.45) is 11.3 Å². The van der Waals surface area contributed by atoms with E-state index in [0.717, 1.165) is 0 Å². The van der Waals surface area contributed by atoms with E-state index in [2.05, 4.69) is 19.6 Å². The summed E-state index contributed by atoms with van der Waals surface area (Å²) in [6, 6.07) is 0. The van der Waals surface area contributed by atoms with Gasteiger partial charge in [0.2, 0.25) is 14.1 Å². The third kappa shape index (κ3) is 3.21. The number of rotatable bonds is 6. The highest BCUT2D eigenvalue weighted by molar-refractivity contribution is 6.70. The number of ether oxygens (including phenoxy) is 4. The molecule has 0 spiro atoms. The van der Waals surface area contributed by atoms with Crippen LogP contribution in [0.15, 0.2) is 23.7 Å². The van der Waals surface area contributed by atoms with E-state index in [9.17, 15) is 9.59 Å². The summed E-state index contributed by atoms with van der Waals surface area (Å²) < 4.78 is 27.6. The third-order valence-corrected chi connectivity index (χ3v) is 5.76. The first-order valence-corrected chi connectivity index (χ1v) is 11.9. The number of Topliss-reactive ketones (excluding diaryl/α,β-unsaturated/α-hetero) is 1. The quantitative estimate of drug-likeness (QED) is 0.395. The van der Waals surface area contributed by atoms with Crippen LogP contribution in [-0.2, 0) is 33.0 Å². The Bertz CT molecular complexity index is 642. The average molecular weight is 385 g/mol. The van der Waals surface area contributed by atoms with Crippen LogP contribution in [0.5, 0.6) is 0 Å². The third-order valence-electron chi connectivity index (χ3n) is 4.89. The Morgan fingerprint density at radius 1 is 1.15 bits per heavy atom. The summed E-state index contributed by atoms with van der Waals surface area (Å²) in [4.78, 5) is 25.8. The van der Waals surface area contributed by atoms with Gasteiger partial charge in [-0.1, -0.05) is 0 Å². The van der Waals surface area contributed by atoms with Gasteiger partial charge in [-0.15, -0.1) is 0 Å². The van der Waals surface area contributed by atoms with Crippen LogP contribution in [0.25, 0.3) is 0 Å². The Morgan fingerprint density at radius 2 is 1.77 bits per heavy atom. The van der Waals surface area contributed by atoms with Crippen LogP contribution in [0.1, 0.15) is 12.8 Å². The van der Waals surface area contributed by atoms with Crippen LogP contribution in [-0.4, -0.2) is 54.3 Å². The monoisotopic (exact) mass is 384 g/mol. The predicted molar refractivity (Wildman–Crippen MR) is 96.5 cm³/mol. The molecule has 2 aliphatic rings. The van der Waals surface area contributed by atoms with Crippen molar-refractivity contribution in [3.63, 3.8) is 0 Å². The zero-order valence-corrected chi connectivity index (χ0v) is 17.5. The van der Waals surface area contributed by atoms with Gasteiger partial charge in [-0.3, -0.25) is 9.59 Å². The van der Waals surface area contributed by atoms with E-state index in [1.54, 1.807) is 6.08 Å². The maximum absolute atomic E-state index is 12.9. The molecule has 0 bridgehead atoms. The largest absolute Gasteiger partial charge is 0.548 e. The van der Waals surface area contributed by atoms with E-state index in [-0.39, 0.29) is 12.2 Å². The molecule has 0 aromatic heterocycles. The van der Waals surface area contributed by atoms with Gasteiger partial charge in [0, 0.05) is 26.6 Å². The van der Waals surface area contributed by atoms with Gasteiger partial charge in [-0.25, -0.2) is 0 Å². The highest BCUT2D eigenvalue weighted by Gasteiger charge is 2.64. The predicted octanol–water partition coefficient (Wildman–Crippen LogP) is 2.39. The number of hydrogen-bond donors (Lipinski definition) is 0. The lowest BCUT2D eigenvalue weighted by atomic mass is 9.60. The van der Waals surface area contributed by atoms with E-state index in [1.165, 1.54) is 28.4 Å². The van der Waals surface area contributed by atoms with Crippen molar-refractivity contribution in [2.45, 2.75) is 38.3 Å². The van der Waals surface area contributed by atoms with Gasteiger partial charge >= 0.3 is 5.97 Å². The second-order valence-electron chi connectivity index (χ2n) is 7.50. The fourth-order valence-electron chi connectivity index (χ4n) is 3.86. The molecule has 0 fully saturated rings. The van der Waals surface area contributed by atoms with Crippen molar-refractivity contribution in [1.29, 1.82) is 0 Å². The molecule has 2 rings (SSSR count). The summed E-state index contributed by atoms with van der Waals surface area (Å²) in [7, 11) is 3.61. The van der Waals surface area contributed by atoms with Crippen LogP contribution in [0.2, 0.25) is 19.6 Å². The Balaban J connectivity index is 2.65. The first kappa shape index (κ1) is 20.7. The van der Waals surface area contributed by atoms with Crippen LogP contribution in [0.4, 0.5) is 0 Å². The fraction of sp³-hybridized carbons (Fsp3) is 0.667. The molecule has 0 radical (unpaired) electrons. The van der Waals surface area contributed by atoms with Gasteiger partial charge in [-0.05, 0) is 38.2 Å². The minimum atomic E-state index is -1.87. The summed E-state index contributed by atoms with van der Waals surface area (Å²) in [5.74, 6) is -2.42. The lowest BCUT2D eigenvalue weighted by Gasteiger charge is -2.50. The number of hydrogen-bond acceptors (Lipinski definition) is 7. The molecule has 0 aliphatic heterocycles. The van der Waals surface area contributed by atoms with Crippen molar-refractivity contribution >= 4 is 20.1 Å². The summed E-state index contributed by atoms with van der Waals surface area (Å²) >= 11 is 0. The minimum absolute atomic E-state index is 0.0182. The topological polar surface area (TPSA) is 80.3 Å². The van der Waals surface area contributed by atoms with Gasteiger partial charge < -0.3 is 23.4 Å². The number of carbonyl (C=O) groups is 2. The van der Waals surface area contributed by atoms with Gasteiger partial charge in [0.15, 0.2) is 5.76 Å². The van der Waals surface area contributed by atoms with Gasteiger partial charge in [-0.2, -0.15) is 0 Å². The molecular formula is C18H28O7Si. The van der Waals surface area contributed by atoms with Crippen molar-refractivity contribution < 1.29 is 33.0 Å². The van der Waals surface area contributed by atoms with Gasteiger partial charge in [0.05, 0.1) is 20.0 Å². The summed E-state index contributed by atoms with van der Waals surface area (Å²) in [6.07, 6.45) is 4.08. The van der Waals surface area contributed by atoms with E-state index in [4.69, 9.17) is 23.4 Å². The number of methoxy groups -OCH3 is 4. The van der Waals surface area contributed by atoms with Crippen molar-refractivity contribution in [1.82, 2.24) is 0 Å². The fourth-order valence-corrected chi connectivity index (χ4v) is 4.80. The minimum Gasteiger partial charge on any atom is -0.548 e. The highest BCUT2D eigenvalue weighted by atomic mass is 28.4. The molecule has 0 N–H and O–H groups in total. The molecule has 26 heavy (non-hydrogen) atoms. The number of carbonyl (C=O) groups excluding carboxylic acids is 2. The van der Waals surface area contributed by atoms with E-state index in [0.29, 0.717) is 12.2 Å². The molecule has 0 saturated heterocycles. The molecule has 0 heterocycles. The molecule has 146 valence electrons. The Morgan fingerprint density at radius 3 is 2.23 bits per heavy atom. The number of ketones is 1. The highest BCUT2D eigenvalue weighted by Crippen LogP contribution is 2.54. The zero-order chi connectivity index (χ0) is 19.8. The smallest absolute Gasteiger partial charge is 0.316 e. The normalized spacial score (nSPS) is 27.8. The molecule has 0 unspecified atom stereocenters. The zero-order valence-electron chi connectivity index (χ0n) is 16.5. The Labute approximate surface area is 155 Å². The van der Waals surface area contributed by atoms with E-state index < -0.39 is 37.2 Å². The lowest BCUT2D eigenvalue weighted by molar-refractivity contribution is -0.250. The molecule has 2 atom stereocenters. The molecule has 0 aromatic rings. The summed E-state index contributed by atoms with van der Waals surface area (Å²) in [5, 5.41) is 0. The molecular weight excluding hydrogens is 356 g/mol. The Kier molecular flexibility index (Phi) is 5.70. The summed E-state index contributed by atoms with van der Waals surface area (Å²) in [5.41, 5.74) is -1.18. The van der Waals surface area contributed by atoms with Crippen LogP contribution < -0.4 is 0 Å². The van der Waals surface area contributed by atoms with E-state index >= 15 is 0 Å². The first-order chi connectivity index (χ1) is 12.1. The lowest BCUT2D eigenvalue weighted by Crippen LogP contribution is -2.62. The molecule has 7 nitrogen and oxygen atoms in total. The molecule has 2 aliphatic carbocycles. The SMILES string of the molecule is COC(=O)[C@@]12C=C(OC)C(=O)C(OC)(OC)[C@@H]1CC=C(O[Si](C)(C)C)C2. The Hall–Kier alpha value is -1.64. The number of esters is 1. The van der Waals surface area contributed by atoms with Crippen LogP contribution >= 0.6 is 0 Å². The molecule has 0 aromatic carbocycles. The van der Waals surface area contributed by atoms with Crippen LogP contribution in [0.3, 0.4) is 0 Å². The number of allylic oxidation sites excluding steroid dienone is 2. The van der Waals surface area contributed by atoms with Gasteiger partial charge in [0.25, 0.3) is 5.78 Å². The first-order valence-electron chi connectivity index (χ1n) is 8.48. The van der Waals surface area contributed by atoms with E-state index in [1.807, 2.05) is 6.08 Å². The van der Waals surface area contributed by atoms with Gasteiger partial charge in [0.1, 0.15) is 5.41 Å². The van der Waals surface area contributed by atoms with Crippen molar-refractivity contribution in [3.8, 4) is 0 Å². The standard InChI is InChI=1S/C18H28O7Si/c1-21-13-11-17(16(20)22-2)10-12(25-26(5,6)7)8-9-14(17)18(23-3,24-4)15(13)19/h8,11,14H,9-10H2,1-7H3/t14-,17+/m1/s1. The second-order valence-corrected chi connectivity index (χ2v) is 11.9. The average Bonchev–Trinajstić information content (AvgIpc) is 2.59. The maximum atomic E-state index is 12.9. The summed E-state index contributed by atoms with van der Waals surface area (Å²) in [6.45, 7) is 6.21. The molecule has 8 heteroatoms. The second kappa shape index (κ2) is 7.17. The van der Waals surface area contributed by atoms with Crippen molar-refractivity contribution in [3.05, 3.63) is 23.7 Å².